The molecule has 1 heterocycles. The van der Waals surface area contributed by atoms with Gasteiger partial charge in [-0.25, -0.2) is 14.2 Å². The smallest absolute Gasteiger partial charge is 0.412 e. The zero-order valence-electron chi connectivity index (χ0n) is 23.1. The number of carbonyl (C=O) groups is 2. The van der Waals surface area contributed by atoms with Crippen molar-refractivity contribution in [1.29, 1.82) is 5.26 Å². The summed E-state index contributed by atoms with van der Waals surface area (Å²) in [6, 6.07) is 15.3. The van der Waals surface area contributed by atoms with Crippen LogP contribution >= 0.6 is 0 Å². The Morgan fingerprint density at radius 2 is 1.65 bits per heavy atom. The topological polar surface area (TPSA) is 117 Å². The molecule has 0 radical (unpaired) electrons. The largest absolute Gasteiger partial charge is 0.444 e. The molecule has 2 N–H and O–H groups in total. The first kappa shape index (κ1) is 28.8. The predicted molar refractivity (Wildman–Crippen MR) is 149 cm³/mol. The van der Waals surface area contributed by atoms with E-state index in [-0.39, 0.29) is 17.6 Å². The second-order valence-electron chi connectivity index (χ2n) is 11.3. The first-order chi connectivity index (χ1) is 19.1. The molecule has 2 aromatic carbocycles. The van der Waals surface area contributed by atoms with E-state index in [2.05, 4.69) is 21.7 Å². The summed E-state index contributed by atoms with van der Waals surface area (Å²) in [6.07, 6.45) is 8.30. The number of ether oxygens (including phenoxy) is 1. The average Bonchev–Trinajstić information content (AvgIpc) is 3.53. The molecule has 1 aromatic heterocycles. The predicted octanol–water partition coefficient (Wildman–Crippen LogP) is 7.23. The molecule has 0 saturated heterocycles. The van der Waals surface area contributed by atoms with E-state index < -0.39 is 17.2 Å². The summed E-state index contributed by atoms with van der Waals surface area (Å²) in [5.41, 5.74) is 1.76. The molecule has 40 heavy (non-hydrogen) atoms. The molecule has 2 amide bonds. The van der Waals surface area contributed by atoms with Crippen LogP contribution < -0.4 is 10.6 Å². The SMILES string of the molecule is CC(C)(C)OC(=O)Nc1ccc(-c2coc(-c3ccc(F)cc3)n2)cc1.N#CC1(NC(=O)C2CCCCC2)CC1. The number of anilines is 1. The highest BCUT2D eigenvalue weighted by Crippen LogP contribution is 2.35. The van der Waals surface area contributed by atoms with Crippen LogP contribution in [0.1, 0.15) is 65.7 Å². The Labute approximate surface area is 233 Å². The van der Waals surface area contributed by atoms with Gasteiger partial charge in [0, 0.05) is 22.7 Å². The van der Waals surface area contributed by atoms with Crippen LogP contribution in [0, 0.1) is 23.1 Å². The second-order valence-corrected chi connectivity index (χ2v) is 11.3. The van der Waals surface area contributed by atoms with Crippen molar-refractivity contribution in [2.75, 3.05) is 5.32 Å². The zero-order valence-corrected chi connectivity index (χ0v) is 23.1. The van der Waals surface area contributed by atoms with Crippen molar-refractivity contribution in [3.63, 3.8) is 0 Å². The van der Waals surface area contributed by atoms with Crippen molar-refractivity contribution in [2.24, 2.45) is 5.92 Å². The minimum Gasteiger partial charge on any atom is -0.444 e. The van der Waals surface area contributed by atoms with E-state index in [9.17, 15) is 14.0 Å². The number of benzene rings is 2. The number of nitrogens with one attached hydrogen (secondary N) is 2. The minimum atomic E-state index is -0.554. The summed E-state index contributed by atoms with van der Waals surface area (Å²) < 4.78 is 23.7. The highest BCUT2D eigenvalue weighted by atomic mass is 19.1. The number of amides is 2. The summed E-state index contributed by atoms with van der Waals surface area (Å²) in [5.74, 6) is 0.392. The van der Waals surface area contributed by atoms with Crippen LogP contribution in [0.4, 0.5) is 14.9 Å². The number of hydrogen-bond donors (Lipinski definition) is 2. The molecular formula is C31H35FN4O4. The monoisotopic (exact) mass is 546 g/mol. The van der Waals surface area contributed by atoms with E-state index in [1.807, 2.05) is 12.1 Å². The van der Waals surface area contributed by atoms with Gasteiger partial charge in [-0.3, -0.25) is 10.1 Å². The van der Waals surface area contributed by atoms with Crippen LogP contribution in [-0.2, 0) is 9.53 Å². The Balaban J connectivity index is 0.000000222. The fourth-order valence-electron chi connectivity index (χ4n) is 4.37. The Hall–Kier alpha value is -4.19. The molecule has 2 aliphatic rings. The summed E-state index contributed by atoms with van der Waals surface area (Å²) in [4.78, 5) is 27.9. The molecule has 0 atom stereocenters. The van der Waals surface area contributed by atoms with Gasteiger partial charge in [-0.15, -0.1) is 0 Å². The Morgan fingerprint density at radius 1 is 1.02 bits per heavy atom. The summed E-state index contributed by atoms with van der Waals surface area (Å²) in [7, 11) is 0. The standard InChI is InChI=1S/C20H19FN2O3.C11H16N2O/c1-20(2,3)26-19(24)22-16-10-6-13(7-11-16)17-12-25-18(23-17)14-4-8-15(21)9-5-14;12-8-11(6-7-11)13-10(14)9-4-2-1-3-5-9/h4-12H,1-3H3,(H,22,24);9H,1-7H2,(H,13,14). The molecule has 5 rings (SSSR count). The lowest BCUT2D eigenvalue weighted by molar-refractivity contribution is -0.126. The van der Waals surface area contributed by atoms with Gasteiger partial charge >= 0.3 is 6.09 Å². The number of nitrogens with zero attached hydrogens (tertiary/aromatic N) is 2. The van der Waals surface area contributed by atoms with Crippen molar-refractivity contribution in [2.45, 2.75) is 76.9 Å². The molecule has 0 unspecified atom stereocenters. The van der Waals surface area contributed by atoms with E-state index in [0.29, 0.717) is 22.8 Å². The zero-order chi connectivity index (χ0) is 28.8. The summed E-state index contributed by atoms with van der Waals surface area (Å²) in [6.45, 7) is 5.41. The van der Waals surface area contributed by atoms with Gasteiger partial charge in [0.15, 0.2) is 0 Å². The molecule has 210 valence electrons. The first-order valence-electron chi connectivity index (χ1n) is 13.6. The lowest BCUT2D eigenvalue weighted by Gasteiger charge is -2.22. The van der Waals surface area contributed by atoms with E-state index in [1.165, 1.54) is 24.8 Å². The third kappa shape index (κ3) is 8.15. The van der Waals surface area contributed by atoms with E-state index in [0.717, 1.165) is 44.1 Å². The Bertz CT molecular complexity index is 1340. The van der Waals surface area contributed by atoms with Crippen LogP contribution in [0.15, 0.2) is 59.2 Å². The minimum absolute atomic E-state index is 0.115. The van der Waals surface area contributed by atoms with Gasteiger partial charge in [0.1, 0.15) is 28.9 Å². The van der Waals surface area contributed by atoms with Crippen molar-refractivity contribution in [3.05, 3.63) is 60.6 Å². The Morgan fingerprint density at radius 3 is 2.23 bits per heavy atom. The van der Waals surface area contributed by atoms with Crippen molar-refractivity contribution in [3.8, 4) is 28.8 Å². The quantitative estimate of drug-likeness (QED) is 0.348. The van der Waals surface area contributed by atoms with Gasteiger partial charge in [0.2, 0.25) is 11.8 Å². The summed E-state index contributed by atoms with van der Waals surface area (Å²) in [5, 5.41) is 14.4. The number of carbonyl (C=O) groups excluding carboxylic acids is 2. The van der Waals surface area contributed by atoms with Gasteiger partial charge in [-0.2, -0.15) is 5.26 Å². The molecular weight excluding hydrogens is 511 g/mol. The van der Waals surface area contributed by atoms with Crippen LogP contribution in [0.2, 0.25) is 0 Å². The third-order valence-corrected chi connectivity index (χ3v) is 6.72. The molecule has 3 aromatic rings. The maximum absolute atomic E-state index is 13.0. The van der Waals surface area contributed by atoms with Crippen molar-refractivity contribution < 1.29 is 23.1 Å². The molecule has 0 spiro atoms. The number of oxazole rings is 1. The first-order valence-corrected chi connectivity index (χ1v) is 13.6. The molecule has 2 saturated carbocycles. The van der Waals surface area contributed by atoms with Crippen LogP contribution in [0.25, 0.3) is 22.7 Å². The van der Waals surface area contributed by atoms with E-state index in [1.54, 1.807) is 45.0 Å². The lowest BCUT2D eigenvalue weighted by Crippen LogP contribution is -2.40. The maximum Gasteiger partial charge on any atom is 0.412 e. The van der Waals surface area contributed by atoms with Gasteiger partial charge in [-0.1, -0.05) is 31.4 Å². The molecule has 9 heteroatoms. The number of halogens is 1. The molecule has 0 aliphatic heterocycles. The van der Waals surface area contributed by atoms with E-state index in [4.69, 9.17) is 14.4 Å². The highest BCUT2D eigenvalue weighted by Gasteiger charge is 2.45. The number of rotatable bonds is 5. The van der Waals surface area contributed by atoms with Crippen molar-refractivity contribution in [1.82, 2.24) is 10.3 Å². The van der Waals surface area contributed by atoms with Crippen LogP contribution in [0.5, 0.6) is 0 Å². The van der Waals surface area contributed by atoms with Gasteiger partial charge in [-0.05, 0) is 82.9 Å². The number of nitriles is 1. The second kappa shape index (κ2) is 12.3. The number of aromatic nitrogens is 1. The maximum atomic E-state index is 13.0. The number of hydrogen-bond acceptors (Lipinski definition) is 6. The van der Waals surface area contributed by atoms with Crippen molar-refractivity contribution >= 4 is 17.7 Å². The van der Waals surface area contributed by atoms with E-state index >= 15 is 0 Å². The Kier molecular flexibility index (Phi) is 8.88. The molecule has 8 nitrogen and oxygen atoms in total. The van der Waals surface area contributed by atoms with Gasteiger partial charge in [0.25, 0.3) is 0 Å². The molecule has 2 fully saturated rings. The average molecular weight is 547 g/mol. The fourth-order valence-corrected chi connectivity index (χ4v) is 4.37. The fraction of sp³-hybridized carbons (Fsp3) is 0.419. The lowest BCUT2D eigenvalue weighted by atomic mass is 9.88. The van der Waals surface area contributed by atoms with Crippen LogP contribution in [0.3, 0.4) is 0 Å². The summed E-state index contributed by atoms with van der Waals surface area (Å²) >= 11 is 0. The molecule has 0 bridgehead atoms. The van der Waals surface area contributed by atoms with Gasteiger partial charge in [0.05, 0.1) is 6.07 Å². The molecule has 2 aliphatic carbocycles. The highest BCUT2D eigenvalue weighted by molar-refractivity contribution is 5.85. The van der Waals surface area contributed by atoms with Crippen LogP contribution in [-0.4, -0.2) is 28.1 Å². The normalized spacial score (nSPS) is 16.1. The van der Waals surface area contributed by atoms with Gasteiger partial charge < -0.3 is 14.5 Å². The third-order valence-electron chi connectivity index (χ3n) is 6.72.